The largest absolute Gasteiger partial charge is 0.254 e. The van der Waals surface area contributed by atoms with E-state index in [0.29, 0.717) is 5.75 Å². The number of hydrogen-bond acceptors (Lipinski definition) is 3. The van der Waals surface area contributed by atoms with Crippen LogP contribution < -0.4 is 0 Å². The predicted molar refractivity (Wildman–Crippen MR) is 88.5 cm³/mol. The number of aromatic nitrogens is 4. The Hall–Kier alpha value is -1.86. The van der Waals surface area contributed by atoms with Gasteiger partial charge in [0.2, 0.25) is 5.78 Å². The number of imidazole rings is 1. The molecule has 0 unspecified atom stereocenters. The van der Waals surface area contributed by atoms with Crippen LogP contribution in [0.5, 0.6) is 0 Å². The fourth-order valence-corrected chi connectivity index (χ4v) is 3.96. The Kier molecular flexibility index (Phi) is 3.38. The number of halogens is 2. The van der Waals surface area contributed by atoms with E-state index in [9.17, 15) is 4.39 Å². The number of thioether (sulfide) groups is 1. The molecule has 22 heavy (non-hydrogen) atoms. The Labute approximate surface area is 137 Å². The fourth-order valence-electron chi connectivity index (χ4n) is 2.32. The number of para-hydroxylation sites is 2. The van der Waals surface area contributed by atoms with Gasteiger partial charge in [0.25, 0.3) is 0 Å². The Morgan fingerprint density at radius 2 is 2.09 bits per heavy atom. The summed E-state index contributed by atoms with van der Waals surface area (Å²) in [5.74, 6) is 1.16. The molecule has 4 nitrogen and oxygen atoms in total. The zero-order chi connectivity index (χ0) is 15.1. The lowest BCUT2D eigenvalue weighted by Gasteiger charge is -2.03. The number of benzene rings is 2. The van der Waals surface area contributed by atoms with Crippen molar-refractivity contribution in [2.24, 2.45) is 0 Å². The minimum atomic E-state index is -0.247. The lowest BCUT2D eigenvalue weighted by atomic mass is 10.2. The molecule has 2 aromatic heterocycles. The quantitative estimate of drug-likeness (QED) is 0.538. The molecule has 0 radical (unpaired) electrons. The summed E-state index contributed by atoms with van der Waals surface area (Å²) in [5.41, 5.74) is 2.97. The number of fused-ring (bicyclic) bond motifs is 3. The summed E-state index contributed by atoms with van der Waals surface area (Å²) in [4.78, 5) is 4.49. The number of rotatable bonds is 3. The highest BCUT2D eigenvalue weighted by molar-refractivity contribution is 9.10. The van der Waals surface area contributed by atoms with Crippen LogP contribution >= 0.6 is 27.7 Å². The van der Waals surface area contributed by atoms with Gasteiger partial charge in [-0.15, -0.1) is 5.10 Å². The van der Waals surface area contributed by atoms with Crippen LogP contribution in [0.4, 0.5) is 4.39 Å². The van der Waals surface area contributed by atoms with E-state index in [1.165, 1.54) is 12.1 Å². The lowest BCUT2D eigenvalue weighted by molar-refractivity contribution is 0.626. The van der Waals surface area contributed by atoms with Gasteiger partial charge in [-0.1, -0.05) is 45.9 Å². The highest BCUT2D eigenvalue weighted by atomic mass is 79.9. The third-order valence-corrected chi connectivity index (χ3v) is 5.10. The summed E-state index contributed by atoms with van der Waals surface area (Å²) in [6, 6.07) is 12.7. The van der Waals surface area contributed by atoms with Crippen molar-refractivity contribution in [3.8, 4) is 0 Å². The minimum Gasteiger partial charge on any atom is -0.254 e. The first-order valence-electron chi connectivity index (χ1n) is 6.60. The van der Waals surface area contributed by atoms with Gasteiger partial charge in [0.1, 0.15) is 5.82 Å². The number of hydrogen-bond donors (Lipinski definition) is 1. The molecule has 2 aromatic carbocycles. The molecule has 0 saturated carbocycles. The molecule has 0 aliphatic heterocycles. The molecule has 4 rings (SSSR count). The molecular formula is C15H10BrFN4S. The van der Waals surface area contributed by atoms with Crippen LogP contribution in [0.3, 0.4) is 0 Å². The normalized spacial score (nSPS) is 11.5. The molecular weight excluding hydrogens is 367 g/mol. The molecule has 0 bridgehead atoms. The highest BCUT2D eigenvalue weighted by Gasteiger charge is 2.12. The van der Waals surface area contributed by atoms with Gasteiger partial charge in [0.15, 0.2) is 5.16 Å². The van der Waals surface area contributed by atoms with Gasteiger partial charge in [0, 0.05) is 10.2 Å². The van der Waals surface area contributed by atoms with Crippen LogP contribution in [0.2, 0.25) is 0 Å². The Morgan fingerprint density at radius 1 is 1.23 bits per heavy atom. The van der Waals surface area contributed by atoms with Crippen molar-refractivity contribution in [2.45, 2.75) is 10.9 Å². The Bertz CT molecular complexity index is 978. The summed E-state index contributed by atoms with van der Waals surface area (Å²) < 4.78 is 15.9. The number of aromatic amines is 1. The Morgan fingerprint density at radius 3 is 2.95 bits per heavy atom. The van der Waals surface area contributed by atoms with Crippen LogP contribution in [0.15, 0.2) is 52.1 Å². The second-order valence-electron chi connectivity index (χ2n) is 4.79. The van der Waals surface area contributed by atoms with Crippen molar-refractivity contribution in [1.82, 2.24) is 19.6 Å². The number of H-pyrrole nitrogens is 1. The first kappa shape index (κ1) is 13.8. The van der Waals surface area contributed by atoms with Gasteiger partial charge in [0.05, 0.1) is 11.0 Å². The van der Waals surface area contributed by atoms with Crippen molar-refractivity contribution in [3.05, 3.63) is 58.3 Å². The van der Waals surface area contributed by atoms with Crippen LogP contribution in [0.25, 0.3) is 16.8 Å². The van der Waals surface area contributed by atoms with E-state index >= 15 is 0 Å². The fraction of sp³-hybridized carbons (Fsp3) is 0.0667. The summed E-state index contributed by atoms with van der Waals surface area (Å²) in [6.45, 7) is 0. The first-order valence-corrected chi connectivity index (χ1v) is 8.38. The zero-order valence-corrected chi connectivity index (χ0v) is 13.7. The van der Waals surface area contributed by atoms with Crippen LogP contribution in [-0.2, 0) is 5.75 Å². The van der Waals surface area contributed by atoms with E-state index in [1.54, 1.807) is 17.8 Å². The third kappa shape index (κ3) is 2.30. The average molecular weight is 377 g/mol. The van der Waals surface area contributed by atoms with Gasteiger partial charge in [-0.05, 0) is 29.8 Å². The summed E-state index contributed by atoms with van der Waals surface area (Å²) in [5, 5.41) is 8.10. The summed E-state index contributed by atoms with van der Waals surface area (Å²) >= 11 is 4.97. The molecule has 7 heteroatoms. The molecule has 2 heterocycles. The summed E-state index contributed by atoms with van der Waals surface area (Å²) in [7, 11) is 0. The first-order chi connectivity index (χ1) is 10.7. The highest BCUT2D eigenvalue weighted by Crippen LogP contribution is 2.28. The maximum absolute atomic E-state index is 13.1. The predicted octanol–water partition coefficient (Wildman–Crippen LogP) is 4.40. The monoisotopic (exact) mass is 376 g/mol. The number of nitrogens with one attached hydrogen (secondary N) is 1. The minimum absolute atomic E-state index is 0.247. The Balaban J connectivity index is 1.69. The smallest absolute Gasteiger partial charge is 0.231 e. The summed E-state index contributed by atoms with van der Waals surface area (Å²) in [6.07, 6.45) is 0. The second-order valence-corrected chi connectivity index (χ2v) is 6.59. The topological polar surface area (TPSA) is 46.0 Å². The molecule has 0 saturated heterocycles. The van der Waals surface area contributed by atoms with E-state index < -0.39 is 0 Å². The second kappa shape index (κ2) is 5.40. The van der Waals surface area contributed by atoms with Gasteiger partial charge in [-0.25, -0.2) is 14.5 Å². The average Bonchev–Trinajstić information content (AvgIpc) is 3.05. The van der Waals surface area contributed by atoms with Crippen LogP contribution in [0.1, 0.15) is 5.56 Å². The molecule has 0 aliphatic carbocycles. The van der Waals surface area contributed by atoms with Crippen molar-refractivity contribution >= 4 is 44.5 Å². The molecule has 110 valence electrons. The van der Waals surface area contributed by atoms with E-state index in [2.05, 4.69) is 31.1 Å². The lowest BCUT2D eigenvalue weighted by Crippen LogP contribution is -1.89. The van der Waals surface area contributed by atoms with Crippen LogP contribution in [0, 0.1) is 5.82 Å². The van der Waals surface area contributed by atoms with E-state index in [-0.39, 0.29) is 5.82 Å². The van der Waals surface area contributed by atoms with Crippen molar-refractivity contribution in [2.75, 3.05) is 0 Å². The van der Waals surface area contributed by atoms with Crippen molar-refractivity contribution < 1.29 is 4.39 Å². The van der Waals surface area contributed by atoms with Crippen molar-refractivity contribution in [3.63, 3.8) is 0 Å². The van der Waals surface area contributed by atoms with Crippen LogP contribution in [-0.4, -0.2) is 19.6 Å². The SMILES string of the molecule is Fc1ccc(CSc2n[nH]c3nc4ccccc4n23)c(Br)c1. The molecule has 0 amide bonds. The standard InChI is InChI=1S/C15H10BrFN4S/c16-11-7-10(17)6-5-9(11)8-22-15-20-19-14-18-12-3-1-2-4-13(12)21(14)15/h1-7H,8H2,(H,18,19). The van der Waals surface area contributed by atoms with E-state index in [0.717, 1.165) is 32.0 Å². The molecule has 4 aromatic rings. The van der Waals surface area contributed by atoms with Gasteiger partial charge in [-0.2, -0.15) is 0 Å². The zero-order valence-electron chi connectivity index (χ0n) is 11.3. The third-order valence-electron chi connectivity index (χ3n) is 3.38. The molecule has 0 fully saturated rings. The molecule has 0 atom stereocenters. The maximum atomic E-state index is 13.1. The molecule has 0 spiro atoms. The molecule has 0 aliphatic rings. The van der Waals surface area contributed by atoms with Crippen molar-refractivity contribution in [1.29, 1.82) is 0 Å². The number of nitrogens with zero attached hydrogens (tertiary/aromatic N) is 3. The molecule has 1 N–H and O–H groups in total. The maximum Gasteiger partial charge on any atom is 0.231 e. The van der Waals surface area contributed by atoms with E-state index in [1.807, 2.05) is 28.7 Å². The van der Waals surface area contributed by atoms with E-state index in [4.69, 9.17) is 0 Å². The van der Waals surface area contributed by atoms with Gasteiger partial charge < -0.3 is 0 Å². The van der Waals surface area contributed by atoms with Gasteiger partial charge >= 0.3 is 0 Å². The van der Waals surface area contributed by atoms with Gasteiger partial charge in [-0.3, -0.25) is 4.40 Å².